The van der Waals surface area contributed by atoms with E-state index in [0.29, 0.717) is 18.7 Å². The molecule has 0 aliphatic carbocycles. The summed E-state index contributed by atoms with van der Waals surface area (Å²) in [4.78, 5) is 13.2. The SMILES string of the molecule is CCCOc1cc(NC2CCC(=O)N(C)C2)ccc1N. The van der Waals surface area contributed by atoms with Crippen LogP contribution in [0, 0.1) is 0 Å². The number of amides is 1. The second kappa shape index (κ2) is 6.50. The molecule has 1 amide bonds. The molecule has 1 unspecified atom stereocenters. The van der Waals surface area contributed by atoms with Crippen molar-refractivity contribution in [3.63, 3.8) is 0 Å². The fourth-order valence-corrected chi connectivity index (χ4v) is 2.33. The maximum atomic E-state index is 11.5. The Kier molecular flexibility index (Phi) is 4.71. The number of carbonyl (C=O) groups excluding carboxylic acids is 1. The van der Waals surface area contributed by atoms with Gasteiger partial charge in [0.15, 0.2) is 0 Å². The van der Waals surface area contributed by atoms with Crippen LogP contribution in [0.25, 0.3) is 0 Å². The van der Waals surface area contributed by atoms with E-state index in [1.807, 2.05) is 25.2 Å². The number of nitrogens with two attached hydrogens (primary N) is 1. The van der Waals surface area contributed by atoms with Crippen molar-refractivity contribution < 1.29 is 9.53 Å². The summed E-state index contributed by atoms with van der Waals surface area (Å²) in [5.41, 5.74) is 7.53. The molecule has 0 saturated carbocycles. The second-order valence-corrected chi connectivity index (χ2v) is 5.26. The first kappa shape index (κ1) is 14.5. The van der Waals surface area contributed by atoms with Gasteiger partial charge < -0.3 is 20.7 Å². The van der Waals surface area contributed by atoms with E-state index in [2.05, 4.69) is 12.2 Å². The normalized spacial score (nSPS) is 19.0. The zero-order valence-corrected chi connectivity index (χ0v) is 12.2. The van der Waals surface area contributed by atoms with E-state index in [4.69, 9.17) is 10.5 Å². The Bertz CT molecular complexity index is 476. The van der Waals surface area contributed by atoms with Gasteiger partial charge in [-0.05, 0) is 25.0 Å². The number of carbonyl (C=O) groups is 1. The lowest BCUT2D eigenvalue weighted by molar-refractivity contribution is -0.132. The standard InChI is InChI=1S/C15H23N3O2/c1-3-8-20-14-9-11(4-6-13(14)16)17-12-5-7-15(19)18(2)10-12/h4,6,9,12,17H,3,5,7-8,10,16H2,1-2H3. The van der Waals surface area contributed by atoms with Crippen LogP contribution in [0.4, 0.5) is 11.4 Å². The van der Waals surface area contributed by atoms with Crippen molar-refractivity contribution in [2.45, 2.75) is 32.2 Å². The summed E-state index contributed by atoms with van der Waals surface area (Å²) in [6, 6.07) is 6.01. The minimum absolute atomic E-state index is 0.215. The molecule has 1 aliphatic rings. The monoisotopic (exact) mass is 277 g/mol. The van der Waals surface area contributed by atoms with Gasteiger partial charge in [0, 0.05) is 37.8 Å². The highest BCUT2D eigenvalue weighted by molar-refractivity contribution is 5.77. The largest absolute Gasteiger partial charge is 0.491 e. The molecule has 2 rings (SSSR count). The van der Waals surface area contributed by atoms with E-state index < -0.39 is 0 Å². The Hall–Kier alpha value is -1.91. The number of piperidine rings is 1. The van der Waals surface area contributed by atoms with Crippen LogP contribution in [0.15, 0.2) is 18.2 Å². The first-order valence-electron chi connectivity index (χ1n) is 7.13. The third-order valence-electron chi connectivity index (χ3n) is 3.47. The molecule has 0 aromatic heterocycles. The van der Waals surface area contributed by atoms with E-state index in [0.717, 1.165) is 30.8 Å². The number of nitrogen functional groups attached to an aromatic ring is 1. The molecule has 1 heterocycles. The summed E-state index contributed by atoms with van der Waals surface area (Å²) in [6.07, 6.45) is 2.41. The van der Waals surface area contributed by atoms with E-state index in [9.17, 15) is 4.79 Å². The van der Waals surface area contributed by atoms with Crippen LogP contribution < -0.4 is 15.8 Å². The molecule has 3 N–H and O–H groups in total. The molecule has 0 radical (unpaired) electrons. The molecule has 0 bridgehead atoms. The minimum atomic E-state index is 0.215. The number of hydrogen-bond donors (Lipinski definition) is 2. The maximum Gasteiger partial charge on any atom is 0.222 e. The Morgan fingerprint density at radius 1 is 1.50 bits per heavy atom. The quantitative estimate of drug-likeness (QED) is 0.809. The second-order valence-electron chi connectivity index (χ2n) is 5.26. The number of anilines is 2. The zero-order chi connectivity index (χ0) is 14.5. The smallest absolute Gasteiger partial charge is 0.222 e. The summed E-state index contributed by atoms with van der Waals surface area (Å²) >= 11 is 0. The summed E-state index contributed by atoms with van der Waals surface area (Å²) in [6.45, 7) is 3.45. The van der Waals surface area contributed by atoms with Gasteiger partial charge >= 0.3 is 0 Å². The predicted molar refractivity (Wildman–Crippen MR) is 80.9 cm³/mol. The van der Waals surface area contributed by atoms with Crippen LogP contribution >= 0.6 is 0 Å². The van der Waals surface area contributed by atoms with E-state index >= 15 is 0 Å². The number of benzene rings is 1. The van der Waals surface area contributed by atoms with E-state index in [-0.39, 0.29) is 11.9 Å². The van der Waals surface area contributed by atoms with Crippen molar-refractivity contribution in [2.24, 2.45) is 0 Å². The lowest BCUT2D eigenvalue weighted by Gasteiger charge is -2.31. The first-order valence-corrected chi connectivity index (χ1v) is 7.13. The fourth-order valence-electron chi connectivity index (χ4n) is 2.33. The average Bonchev–Trinajstić information content (AvgIpc) is 2.43. The van der Waals surface area contributed by atoms with Gasteiger partial charge in [-0.25, -0.2) is 0 Å². The van der Waals surface area contributed by atoms with Gasteiger partial charge in [0.05, 0.1) is 12.3 Å². The summed E-state index contributed by atoms with van der Waals surface area (Å²) < 4.78 is 5.62. The molecule has 0 spiro atoms. The number of ether oxygens (including phenoxy) is 1. The molecule has 5 nitrogen and oxygen atoms in total. The Labute approximate surface area is 120 Å². The van der Waals surface area contributed by atoms with Crippen LogP contribution in [-0.2, 0) is 4.79 Å². The highest BCUT2D eigenvalue weighted by Gasteiger charge is 2.22. The average molecular weight is 277 g/mol. The maximum absolute atomic E-state index is 11.5. The van der Waals surface area contributed by atoms with Crippen molar-refractivity contribution in [1.82, 2.24) is 4.90 Å². The van der Waals surface area contributed by atoms with Crippen LogP contribution in [0.2, 0.25) is 0 Å². The van der Waals surface area contributed by atoms with Gasteiger partial charge in [-0.15, -0.1) is 0 Å². The molecule has 110 valence electrons. The van der Waals surface area contributed by atoms with Crippen molar-refractivity contribution in [1.29, 1.82) is 0 Å². The molecule has 1 aliphatic heterocycles. The number of likely N-dealkylation sites (N-methyl/N-ethyl adjacent to an activating group) is 1. The number of nitrogens with one attached hydrogen (secondary N) is 1. The fraction of sp³-hybridized carbons (Fsp3) is 0.533. The van der Waals surface area contributed by atoms with Crippen LogP contribution in [0.3, 0.4) is 0 Å². The summed E-state index contributed by atoms with van der Waals surface area (Å²) in [5, 5.41) is 3.45. The van der Waals surface area contributed by atoms with E-state index in [1.165, 1.54) is 0 Å². The van der Waals surface area contributed by atoms with Crippen molar-refractivity contribution >= 4 is 17.3 Å². The summed E-state index contributed by atoms with van der Waals surface area (Å²) in [5.74, 6) is 0.935. The molecule has 20 heavy (non-hydrogen) atoms. The molecule has 1 fully saturated rings. The zero-order valence-electron chi connectivity index (χ0n) is 12.2. The number of nitrogens with zero attached hydrogens (tertiary/aromatic N) is 1. The van der Waals surface area contributed by atoms with Gasteiger partial charge in [0.2, 0.25) is 5.91 Å². The van der Waals surface area contributed by atoms with Gasteiger partial charge in [-0.2, -0.15) is 0 Å². The Morgan fingerprint density at radius 3 is 3.00 bits per heavy atom. The van der Waals surface area contributed by atoms with Gasteiger partial charge in [-0.1, -0.05) is 6.92 Å². The van der Waals surface area contributed by atoms with Gasteiger partial charge in [0.25, 0.3) is 0 Å². The third-order valence-corrected chi connectivity index (χ3v) is 3.47. The highest BCUT2D eigenvalue weighted by atomic mass is 16.5. The molecular formula is C15H23N3O2. The highest BCUT2D eigenvalue weighted by Crippen LogP contribution is 2.27. The molecule has 1 aromatic carbocycles. The van der Waals surface area contributed by atoms with Crippen LogP contribution in [0.5, 0.6) is 5.75 Å². The Morgan fingerprint density at radius 2 is 2.30 bits per heavy atom. The van der Waals surface area contributed by atoms with Gasteiger partial charge in [-0.3, -0.25) is 4.79 Å². The molecule has 1 aromatic rings. The molecule has 1 atom stereocenters. The predicted octanol–water partition coefficient (Wildman–Crippen LogP) is 2.09. The van der Waals surface area contributed by atoms with E-state index in [1.54, 1.807) is 4.90 Å². The molecule has 1 saturated heterocycles. The topological polar surface area (TPSA) is 67.6 Å². The minimum Gasteiger partial charge on any atom is -0.491 e. The number of rotatable bonds is 5. The Balaban J connectivity index is 2.00. The van der Waals surface area contributed by atoms with Crippen molar-refractivity contribution in [3.8, 4) is 5.75 Å². The van der Waals surface area contributed by atoms with Gasteiger partial charge in [0.1, 0.15) is 5.75 Å². The van der Waals surface area contributed by atoms with Crippen LogP contribution in [-0.4, -0.2) is 37.0 Å². The van der Waals surface area contributed by atoms with Crippen molar-refractivity contribution in [3.05, 3.63) is 18.2 Å². The first-order chi connectivity index (χ1) is 9.60. The van der Waals surface area contributed by atoms with Crippen LogP contribution in [0.1, 0.15) is 26.2 Å². The number of hydrogen-bond acceptors (Lipinski definition) is 4. The lowest BCUT2D eigenvalue weighted by atomic mass is 10.1. The molecular weight excluding hydrogens is 254 g/mol. The summed E-state index contributed by atoms with van der Waals surface area (Å²) in [7, 11) is 1.84. The third kappa shape index (κ3) is 3.56. The van der Waals surface area contributed by atoms with Crippen molar-refractivity contribution in [2.75, 3.05) is 31.2 Å². The lowest BCUT2D eigenvalue weighted by Crippen LogP contribution is -2.43. The number of likely N-dealkylation sites (tertiary alicyclic amines) is 1. The molecule has 5 heteroatoms.